The molecule has 4 nitrogen and oxygen atoms in total. The minimum atomic E-state index is -0.531. The molecule has 0 radical (unpaired) electrons. The summed E-state index contributed by atoms with van der Waals surface area (Å²) >= 11 is 0. The molecule has 0 aliphatic rings. The number of carbonyl (C=O) groups excluding carboxylic acids is 2. The van der Waals surface area contributed by atoms with Crippen LogP contribution in [0.3, 0.4) is 0 Å². The van der Waals surface area contributed by atoms with Gasteiger partial charge in [0, 0.05) is 12.8 Å². The fourth-order valence-corrected chi connectivity index (χ4v) is 1.97. The van der Waals surface area contributed by atoms with Crippen LogP contribution in [0.2, 0.25) is 0 Å². The first kappa shape index (κ1) is 18.2. The van der Waals surface area contributed by atoms with Crippen LogP contribution in [-0.4, -0.2) is 18.5 Å². The molecule has 0 heterocycles. The topological polar surface area (TPSA) is 52.6 Å². The lowest BCUT2D eigenvalue weighted by Gasteiger charge is -2.18. The first-order chi connectivity index (χ1) is 10.7. The lowest BCUT2D eigenvalue weighted by Crippen LogP contribution is -2.18. The first-order valence-electron chi connectivity index (χ1n) is 8.07. The molecule has 122 valence electrons. The van der Waals surface area contributed by atoms with Gasteiger partial charge in [-0.3, -0.25) is 9.59 Å². The molecule has 0 N–H and O–H groups in total. The SMILES string of the molecule is CCCCC(=O)OCC(OC(=O)CCCC)c1ccccc1. The van der Waals surface area contributed by atoms with Gasteiger partial charge in [-0.25, -0.2) is 0 Å². The maximum atomic E-state index is 11.8. The van der Waals surface area contributed by atoms with E-state index in [-0.39, 0.29) is 18.5 Å². The summed E-state index contributed by atoms with van der Waals surface area (Å²) in [4.78, 5) is 23.5. The molecular weight excluding hydrogens is 280 g/mol. The third kappa shape index (κ3) is 7.25. The van der Waals surface area contributed by atoms with Crippen LogP contribution in [0.5, 0.6) is 0 Å². The van der Waals surface area contributed by atoms with Gasteiger partial charge in [-0.1, -0.05) is 57.0 Å². The molecule has 4 heteroatoms. The fraction of sp³-hybridized carbons (Fsp3) is 0.556. The second-order valence-electron chi connectivity index (χ2n) is 5.28. The maximum Gasteiger partial charge on any atom is 0.306 e. The zero-order chi connectivity index (χ0) is 16.2. The van der Waals surface area contributed by atoms with Gasteiger partial charge in [0.25, 0.3) is 0 Å². The second kappa shape index (κ2) is 10.8. The number of benzene rings is 1. The van der Waals surface area contributed by atoms with Crippen molar-refractivity contribution in [2.45, 2.75) is 58.5 Å². The fourth-order valence-electron chi connectivity index (χ4n) is 1.97. The van der Waals surface area contributed by atoms with E-state index >= 15 is 0 Å². The number of ether oxygens (including phenoxy) is 2. The average molecular weight is 306 g/mol. The van der Waals surface area contributed by atoms with E-state index in [2.05, 4.69) is 0 Å². The van der Waals surface area contributed by atoms with Crippen LogP contribution in [0, 0.1) is 0 Å². The predicted molar refractivity (Wildman–Crippen MR) is 85.3 cm³/mol. The smallest absolute Gasteiger partial charge is 0.306 e. The summed E-state index contributed by atoms with van der Waals surface area (Å²) in [6.07, 6.45) is 3.77. The molecule has 0 amide bonds. The monoisotopic (exact) mass is 306 g/mol. The van der Waals surface area contributed by atoms with Gasteiger partial charge in [0.2, 0.25) is 0 Å². The Labute approximate surface area is 132 Å². The Morgan fingerprint density at radius 2 is 1.55 bits per heavy atom. The number of unbranched alkanes of at least 4 members (excludes halogenated alkanes) is 2. The summed E-state index contributed by atoms with van der Waals surface area (Å²) < 4.78 is 10.7. The Balaban J connectivity index is 2.59. The zero-order valence-electron chi connectivity index (χ0n) is 13.5. The predicted octanol–water partition coefficient (Wildman–Crippen LogP) is 4.19. The highest BCUT2D eigenvalue weighted by Crippen LogP contribution is 2.19. The van der Waals surface area contributed by atoms with Crippen LogP contribution in [0.1, 0.15) is 64.0 Å². The van der Waals surface area contributed by atoms with Crippen LogP contribution in [-0.2, 0) is 19.1 Å². The summed E-state index contributed by atoms with van der Waals surface area (Å²) in [6, 6.07) is 9.39. The van der Waals surface area contributed by atoms with Crippen molar-refractivity contribution in [2.75, 3.05) is 6.61 Å². The highest BCUT2D eigenvalue weighted by Gasteiger charge is 2.18. The van der Waals surface area contributed by atoms with Crippen LogP contribution < -0.4 is 0 Å². The van der Waals surface area contributed by atoms with E-state index in [9.17, 15) is 9.59 Å². The Bertz CT molecular complexity index is 442. The lowest BCUT2D eigenvalue weighted by molar-refractivity contribution is -0.159. The van der Waals surface area contributed by atoms with Crippen molar-refractivity contribution in [3.05, 3.63) is 35.9 Å². The van der Waals surface area contributed by atoms with E-state index in [1.165, 1.54) is 0 Å². The van der Waals surface area contributed by atoms with Crippen molar-refractivity contribution in [3.63, 3.8) is 0 Å². The summed E-state index contributed by atoms with van der Waals surface area (Å²) in [6.45, 7) is 4.12. The quantitative estimate of drug-likeness (QED) is 0.608. The lowest BCUT2D eigenvalue weighted by atomic mass is 10.1. The summed E-state index contributed by atoms with van der Waals surface area (Å²) in [7, 11) is 0. The number of hydrogen-bond donors (Lipinski definition) is 0. The highest BCUT2D eigenvalue weighted by molar-refractivity contribution is 5.70. The number of carbonyl (C=O) groups is 2. The molecule has 1 rings (SSSR count). The van der Waals surface area contributed by atoms with E-state index in [0.29, 0.717) is 12.8 Å². The molecule has 0 aromatic heterocycles. The molecule has 0 bridgehead atoms. The molecular formula is C18H26O4. The van der Waals surface area contributed by atoms with Gasteiger partial charge in [-0.15, -0.1) is 0 Å². The van der Waals surface area contributed by atoms with Gasteiger partial charge in [0.15, 0.2) is 6.10 Å². The number of rotatable bonds is 10. The first-order valence-corrected chi connectivity index (χ1v) is 8.07. The molecule has 1 aromatic rings. The normalized spacial score (nSPS) is 11.7. The van der Waals surface area contributed by atoms with E-state index in [4.69, 9.17) is 9.47 Å². The Morgan fingerprint density at radius 1 is 0.955 bits per heavy atom. The van der Waals surface area contributed by atoms with Gasteiger partial charge in [-0.05, 0) is 18.4 Å². The van der Waals surface area contributed by atoms with Crippen molar-refractivity contribution in [1.82, 2.24) is 0 Å². The third-order valence-electron chi connectivity index (χ3n) is 3.31. The van der Waals surface area contributed by atoms with Crippen LogP contribution in [0.4, 0.5) is 0 Å². The third-order valence-corrected chi connectivity index (χ3v) is 3.31. The molecule has 0 saturated carbocycles. The Hall–Kier alpha value is -1.84. The van der Waals surface area contributed by atoms with Gasteiger partial charge < -0.3 is 9.47 Å². The summed E-state index contributed by atoms with van der Waals surface area (Å²) in [5.74, 6) is -0.493. The van der Waals surface area contributed by atoms with Crippen molar-refractivity contribution in [3.8, 4) is 0 Å². The van der Waals surface area contributed by atoms with Crippen molar-refractivity contribution < 1.29 is 19.1 Å². The highest BCUT2D eigenvalue weighted by atomic mass is 16.6. The van der Waals surface area contributed by atoms with E-state index in [1.54, 1.807) is 0 Å². The largest absolute Gasteiger partial charge is 0.461 e. The van der Waals surface area contributed by atoms with Crippen molar-refractivity contribution in [2.24, 2.45) is 0 Å². The van der Waals surface area contributed by atoms with Gasteiger partial charge in [-0.2, -0.15) is 0 Å². The second-order valence-corrected chi connectivity index (χ2v) is 5.28. The molecule has 1 atom stereocenters. The van der Waals surface area contributed by atoms with Crippen molar-refractivity contribution in [1.29, 1.82) is 0 Å². The minimum Gasteiger partial charge on any atom is -0.461 e. The van der Waals surface area contributed by atoms with Crippen molar-refractivity contribution >= 4 is 11.9 Å². The maximum absolute atomic E-state index is 11.8. The molecule has 0 fully saturated rings. The van der Waals surface area contributed by atoms with Crippen LogP contribution in [0.15, 0.2) is 30.3 Å². The molecule has 0 aliphatic carbocycles. The van der Waals surface area contributed by atoms with Crippen LogP contribution >= 0.6 is 0 Å². The summed E-state index contributed by atoms with van der Waals surface area (Å²) in [5.41, 5.74) is 0.843. The van der Waals surface area contributed by atoms with Gasteiger partial charge in [0.05, 0.1) is 0 Å². The minimum absolute atomic E-state index is 0.0738. The zero-order valence-corrected chi connectivity index (χ0v) is 13.5. The van der Waals surface area contributed by atoms with Gasteiger partial charge >= 0.3 is 11.9 Å². The van der Waals surface area contributed by atoms with Crippen LogP contribution in [0.25, 0.3) is 0 Å². The summed E-state index contributed by atoms with van der Waals surface area (Å²) in [5, 5.41) is 0. The molecule has 0 saturated heterocycles. The molecule has 0 spiro atoms. The van der Waals surface area contributed by atoms with E-state index < -0.39 is 6.10 Å². The number of esters is 2. The van der Waals surface area contributed by atoms with E-state index in [1.807, 2.05) is 44.2 Å². The standard InChI is InChI=1S/C18H26O4/c1-3-5-12-17(19)21-14-16(15-10-8-7-9-11-15)22-18(20)13-6-4-2/h7-11,16H,3-6,12-14H2,1-2H3. The molecule has 22 heavy (non-hydrogen) atoms. The van der Waals surface area contributed by atoms with E-state index in [0.717, 1.165) is 31.2 Å². The van der Waals surface area contributed by atoms with Gasteiger partial charge in [0.1, 0.15) is 6.61 Å². The molecule has 1 unspecified atom stereocenters. The molecule has 0 aliphatic heterocycles. The average Bonchev–Trinajstić information content (AvgIpc) is 2.55. The Kier molecular flexibility index (Phi) is 8.96. The Morgan fingerprint density at radius 3 is 2.14 bits per heavy atom. The molecule has 1 aromatic carbocycles. The number of hydrogen-bond acceptors (Lipinski definition) is 4.